The molecule has 48 heavy (non-hydrogen) atoms. The smallest absolute Gasteiger partial charge is 0.418 e. The van der Waals surface area contributed by atoms with Gasteiger partial charge in [-0.1, -0.05) is 19.6 Å². The molecule has 0 radical (unpaired) electrons. The van der Waals surface area contributed by atoms with Crippen molar-refractivity contribution in [3.8, 4) is 12.1 Å². The zero-order valence-corrected chi connectivity index (χ0v) is 29.3. The number of benzene rings is 1. The van der Waals surface area contributed by atoms with Crippen LogP contribution in [0.2, 0.25) is 25.7 Å². The number of anilines is 2. The second kappa shape index (κ2) is 14.2. The van der Waals surface area contributed by atoms with Crippen molar-refractivity contribution in [1.29, 1.82) is 5.26 Å². The molecule has 11 nitrogen and oxygen atoms in total. The summed E-state index contributed by atoms with van der Waals surface area (Å²) < 4.78 is 57.5. The lowest BCUT2D eigenvalue weighted by Gasteiger charge is -2.38. The number of hydrogen-bond donors (Lipinski definition) is 1. The highest BCUT2D eigenvalue weighted by atomic mass is 28.3. The van der Waals surface area contributed by atoms with E-state index in [4.69, 9.17) is 19.4 Å². The molecule has 2 fully saturated rings. The fourth-order valence-corrected chi connectivity index (χ4v) is 7.63. The molecule has 2 aromatic heterocycles. The molecule has 0 spiro atoms. The van der Waals surface area contributed by atoms with Gasteiger partial charge in [-0.3, -0.25) is 0 Å². The quantitative estimate of drug-likeness (QED) is 0.222. The van der Waals surface area contributed by atoms with E-state index in [9.17, 15) is 18.4 Å². The van der Waals surface area contributed by atoms with E-state index in [1.807, 2.05) is 0 Å². The molecule has 2 saturated heterocycles. The molecule has 1 N–H and O–H groups in total. The molecule has 260 valence electrons. The minimum absolute atomic E-state index is 0.00559. The van der Waals surface area contributed by atoms with E-state index in [-0.39, 0.29) is 37.1 Å². The van der Waals surface area contributed by atoms with Crippen LogP contribution in [0.1, 0.15) is 36.1 Å². The third kappa shape index (κ3) is 7.72. The standard InChI is InChI=1S/C33H46F3N9O2Si/c1-42-13-5-6-24(42)21-47-32-40-28-20-43(14-10-25(28)31(41-32)44-15-12-38-23(19-44)9-11-37)30-26-18-39-45(22-46-16-17-48(2,3)4)29(26)8-7-27(30)33(34,35)36/h7-8,18,23-24,38H,5-6,9-10,12-17,19-22H2,1-4H3/t23?,24-/m0/s1. The number of likely N-dealkylation sites (N-methyl/N-ethyl adjacent to an activating group) is 1. The van der Waals surface area contributed by atoms with Gasteiger partial charge in [0.25, 0.3) is 0 Å². The van der Waals surface area contributed by atoms with Crippen molar-refractivity contribution in [3.05, 3.63) is 35.2 Å². The van der Waals surface area contributed by atoms with Crippen LogP contribution < -0.4 is 19.9 Å². The Bertz CT molecular complexity index is 1640. The van der Waals surface area contributed by atoms with E-state index >= 15 is 0 Å². The van der Waals surface area contributed by atoms with Crippen molar-refractivity contribution in [2.24, 2.45) is 0 Å². The summed E-state index contributed by atoms with van der Waals surface area (Å²) in [5, 5.41) is 17.6. The lowest BCUT2D eigenvalue weighted by molar-refractivity contribution is -0.137. The van der Waals surface area contributed by atoms with Crippen LogP contribution in [0.4, 0.5) is 24.7 Å². The number of fused-ring (bicyclic) bond motifs is 2. The maximum atomic E-state index is 14.6. The Labute approximate surface area is 281 Å². The molecule has 15 heteroatoms. The van der Waals surface area contributed by atoms with Gasteiger partial charge in [-0.2, -0.15) is 33.5 Å². The lowest BCUT2D eigenvalue weighted by Crippen LogP contribution is -2.51. The third-order valence-electron chi connectivity index (χ3n) is 9.62. The van der Waals surface area contributed by atoms with E-state index in [1.54, 1.807) is 9.58 Å². The maximum absolute atomic E-state index is 14.6. The van der Waals surface area contributed by atoms with Gasteiger partial charge in [-0.05, 0) is 51.0 Å². The SMILES string of the molecule is CN1CCC[C@H]1COc1nc2c(c(N3CCNC(CC#N)C3)n1)CCN(c1c(C(F)(F)F)ccc3c1cnn3COCC[Si](C)(C)C)C2. The summed E-state index contributed by atoms with van der Waals surface area (Å²) in [6.07, 6.45) is -0.0802. The first-order chi connectivity index (χ1) is 22.9. The third-order valence-corrected chi connectivity index (χ3v) is 11.3. The van der Waals surface area contributed by atoms with Crippen molar-refractivity contribution in [1.82, 2.24) is 30.0 Å². The molecule has 1 aromatic carbocycles. The summed E-state index contributed by atoms with van der Waals surface area (Å²) in [6.45, 7) is 11.5. The first kappa shape index (κ1) is 34.4. The number of hydrogen-bond acceptors (Lipinski definition) is 10. The normalized spacial score (nSPS) is 20.7. The summed E-state index contributed by atoms with van der Waals surface area (Å²) in [6, 6.07) is 6.37. The Balaban J connectivity index is 1.33. The van der Waals surface area contributed by atoms with E-state index in [0.717, 1.165) is 42.9 Å². The van der Waals surface area contributed by atoms with Crippen LogP contribution in [0.15, 0.2) is 18.3 Å². The zero-order valence-electron chi connectivity index (χ0n) is 28.3. The Morgan fingerprint density at radius 3 is 2.69 bits per heavy atom. The number of nitriles is 1. The monoisotopic (exact) mass is 685 g/mol. The van der Waals surface area contributed by atoms with Gasteiger partial charge in [0, 0.05) is 63.9 Å². The summed E-state index contributed by atoms with van der Waals surface area (Å²) >= 11 is 0. The molecule has 3 aliphatic rings. The second-order valence-electron chi connectivity index (χ2n) is 14.4. The van der Waals surface area contributed by atoms with Crippen LogP contribution in [0.25, 0.3) is 10.9 Å². The first-order valence-electron chi connectivity index (χ1n) is 16.9. The van der Waals surface area contributed by atoms with Crippen LogP contribution in [0, 0.1) is 11.3 Å². The molecule has 5 heterocycles. The summed E-state index contributed by atoms with van der Waals surface area (Å²) in [5.41, 5.74) is 1.57. The van der Waals surface area contributed by atoms with Gasteiger partial charge in [0.15, 0.2) is 0 Å². The van der Waals surface area contributed by atoms with E-state index in [1.165, 1.54) is 12.3 Å². The fraction of sp³-hybridized carbons (Fsp3) is 0.636. The number of aromatic nitrogens is 4. The largest absolute Gasteiger partial charge is 0.462 e. The van der Waals surface area contributed by atoms with Gasteiger partial charge in [-0.15, -0.1) is 0 Å². The number of alkyl halides is 3. The molecule has 6 rings (SSSR count). The molecule has 1 unspecified atom stereocenters. The predicted octanol–water partition coefficient (Wildman–Crippen LogP) is 4.88. The zero-order chi connectivity index (χ0) is 34.1. The predicted molar refractivity (Wildman–Crippen MR) is 181 cm³/mol. The minimum Gasteiger partial charge on any atom is -0.462 e. The Kier molecular flexibility index (Phi) is 10.2. The van der Waals surface area contributed by atoms with Gasteiger partial charge in [0.05, 0.1) is 47.7 Å². The first-order valence-corrected chi connectivity index (χ1v) is 20.6. The number of nitrogens with zero attached hydrogens (tertiary/aromatic N) is 8. The van der Waals surface area contributed by atoms with Crippen LogP contribution in [0.3, 0.4) is 0 Å². The topological polar surface area (TPSA) is 108 Å². The number of rotatable bonds is 11. The molecular formula is C33H46F3N9O2Si. The fourth-order valence-electron chi connectivity index (χ4n) is 6.87. The highest BCUT2D eigenvalue weighted by Crippen LogP contribution is 2.43. The Morgan fingerprint density at radius 2 is 1.96 bits per heavy atom. The molecule has 0 amide bonds. The van der Waals surface area contributed by atoms with Crippen LogP contribution in [-0.2, 0) is 30.6 Å². The molecule has 0 saturated carbocycles. The number of piperazine rings is 1. The summed E-state index contributed by atoms with van der Waals surface area (Å²) in [5.74, 6) is 0.747. The highest BCUT2D eigenvalue weighted by molar-refractivity contribution is 6.76. The average Bonchev–Trinajstić information content (AvgIpc) is 3.65. The van der Waals surface area contributed by atoms with Crippen molar-refractivity contribution < 1.29 is 22.6 Å². The van der Waals surface area contributed by atoms with Gasteiger partial charge in [-0.25, -0.2) is 4.68 Å². The van der Waals surface area contributed by atoms with Crippen molar-refractivity contribution in [2.75, 3.05) is 62.8 Å². The molecule has 2 atom stereocenters. The maximum Gasteiger partial charge on any atom is 0.418 e. The molecule has 3 aromatic rings. The second-order valence-corrected chi connectivity index (χ2v) is 20.0. The van der Waals surface area contributed by atoms with Crippen LogP contribution in [0.5, 0.6) is 6.01 Å². The molecule has 0 aliphatic carbocycles. The number of halogens is 3. The van der Waals surface area contributed by atoms with Crippen molar-refractivity contribution >= 4 is 30.5 Å². The molecule has 3 aliphatic heterocycles. The van der Waals surface area contributed by atoms with Crippen LogP contribution >= 0.6 is 0 Å². The van der Waals surface area contributed by atoms with Crippen LogP contribution in [-0.4, -0.2) is 97.8 Å². The van der Waals surface area contributed by atoms with E-state index in [2.05, 4.69) is 53.0 Å². The molecule has 0 bridgehead atoms. The van der Waals surface area contributed by atoms with Crippen molar-refractivity contribution in [3.63, 3.8) is 0 Å². The van der Waals surface area contributed by atoms with Gasteiger partial charge in [0.2, 0.25) is 0 Å². The highest BCUT2D eigenvalue weighted by Gasteiger charge is 2.38. The number of ether oxygens (including phenoxy) is 2. The summed E-state index contributed by atoms with van der Waals surface area (Å²) in [7, 11) is 0.787. The van der Waals surface area contributed by atoms with Gasteiger partial charge in [0.1, 0.15) is 19.2 Å². The Morgan fingerprint density at radius 1 is 1.12 bits per heavy atom. The average molecular weight is 686 g/mol. The number of likely N-dealkylation sites (tertiary alicyclic amines) is 1. The lowest BCUT2D eigenvalue weighted by atomic mass is 10.0. The van der Waals surface area contributed by atoms with Gasteiger partial charge >= 0.3 is 12.2 Å². The molecular weight excluding hydrogens is 640 g/mol. The summed E-state index contributed by atoms with van der Waals surface area (Å²) in [4.78, 5) is 15.9. The Hall–Kier alpha value is -3.45. The minimum atomic E-state index is -4.56. The number of nitrogens with one attached hydrogen (secondary N) is 1. The van der Waals surface area contributed by atoms with Crippen molar-refractivity contribution in [2.45, 2.75) is 82.9 Å². The van der Waals surface area contributed by atoms with E-state index < -0.39 is 19.8 Å². The van der Waals surface area contributed by atoms with E-state index in [0.29, 0.717) is 68.8 Å². The van der Waals surface area contributed by atoms with Gasteiger partial charge < -0.3 is 29.5 Å².